The Hall–Kier alpha value is -2.48. The molecule has 4 nitrogen and oxygen atoms in total. The summed E-state index contributed by atoms with van der Waals surface area (Å²) in [5, 5.41) is 19.9. The molecule has 1 aliphatic carbocycles. The van der Waals surface area contributed by atoms with Crippen molar-refractivity contribution in [2.45, 2.75) is 20.3 Å². The fourth-order valence-corrected chi connectivity index (χ4v) is 4.59. The lowest BCUT2D eigenvalue weighted by molar-refractivity contribution is -0.145. The molecule has 1 N–H and O–H groups in total. The number of nitriles is 1. The summed E-state index contributed by atoms with van der Waals surface area (Å²) in [6, 6.07) is 18.7. The third-order valence-electron chi connectivity index (χ3n) is 5.88. The highest BCUT2D eigenvalue weighted by Gasteiger charge is 2.86. The molecule has 2 aromatic carbocycles. The average Bonchev–Trinajstić information content (AvgIpc) is 3.05. The molecular formula is C22H19Cl2NO3. The van der Waals surface area contributed by atoms with Crippen LogP contribution < -0.4 is 4.74 Å². The number of benzene rings is 2. The zero-order valence-electron chi connectivity index (χ0n) is 15.4. The molecule has 2 atom stereocenters. The van der Waals surface area contributed by atoms with E-state index in [0.29, 0.717) is 11.5 Å². The molecule has 0 unspecified atom stereocenters. The number of para-hydroxylation sites is 1. The number of aliphatic carboxylic acids is 1. The Labute approximate surface area is 174 Å². The van der Waals surface area contributed by atoms with Gasteiger partial charge in [0, 0.05) is 5.41 Å². The zero-order chi connectivity index (χ0) is 20.6. The van der Waals surface area contributed by atoms with Gasteiger partial charge >= 0.3 is 5.97 Å². The van der Waals surface area contributed by atoms with Crippen molar-refractivity contribution in [2.75, 3.05) is 0 Å². The number of carboxylic acids is 1. The van der Waals surface area contributed by atoms with Gasteiger partial charge in [0.05, 0.1) is 6.07 Å². The average molecular weight is 416 g/mol. The molecular weight excluding hydrogens is 397 g/mol. The van der Waals surface area contributed by atoms with Crippen LogP contribution in [0.15, 0.2) is 65.2 Å². The van der Waals surface area contributed by atoms with Crippen LogP contribution in [0.4, 0.5) is 0 Å². The molecule has 0 radical (unpaired) electrons. The predicted octanol–water partition coefficient (Wildman–Crippen LogP) is 5.96. The fraction of sp³-hybridized carbons (Fsp3) is 0.273. The van der Waals surface area contributed by atoms with Gasteiger partial charge in [0.25, 0.3) is 0 Å². The fourth-order valence-electron chi connectivity index (χ4n) is 4.26. The summed E-state index contributed by atoms with van der Waals surface area (Å²) in [5.74, 6) is 0.220. The van der Waals surface area contributed by atoms with Gasteiger partial charge in [-0.15, -0.1) is 0 Å². The minimum atomic E-state index is -1.35. The molecule has 144 valence electrons. The quantitative estimate of drug-likeness (QED) is 0.631. The van der Waals surface area contributed by atoms with Gasteiger partial charge in [-0.1, -0.05) is 67.4 Å². The Kier molecular flexibility index (Phi) is 5.18. The number of ether oxygens (including phenoxy) is 1. The molecule has 6 heteroatoms. The summed E-state index contributed by atoms with van der Waals surface area (Å²) in [5.41, 5.74) is -2.76. The van der Waals surface area contributed by atoms with E-state index < -0.39 is 22.2 Å². The summed E-state index contributed by atoms with van der Waals surface area (Å²) < 4.78 is 5.73. The number of nitrogens with zero attached hydrogens (tertiary/aromatic N) is 1. The number of carboxylic acid groups (broad SMARTS) is 1. The number of hydrogen-bond acceptors (Lipinski definition) is 3. The van der Waals surface area contributed by atoms with Crippen molar-refractivity contribution < 1.29 is 14.6 Å². The van der Waals surface area contributed by atoms with Crippen LogP contribution in [0.3, 0.4) is 0 Å². The third-order valence-corrected chi connectivity index (χ3v) is 6.10. The number of rotatable bonds is 6. The second kappa shape index (κ2) is 7.16. The molecule has 2 aromatic rings. The monoisotopic (exact) mass is 415 g/mol. The molecule has 0 saturated heterocycles. The molecule has 0 heterocycles. The molecule has 3 rings (SSSR count). The first kappa shape index (κ1) is 20.3. The van der Waals surface area contributed by atoms with E-state index in [4.69, 9.17) is 27.9 Å². The molecule has 0 aliphatic heterocycles. The Bertz CT molecular complexity index is 977. The molecule has 1 aliphatic rings. The van der Waals surface area contributed by atoms with E-state index in [1.54, 1.807) is 32.0 Å². The highest BCUT2D eigenvalue weighted by molar-refractivity contribution is 6.56. The molecule has 1 saturated carbocycles. The number of carbonyl (C=O) groups is 1. The lowest BCUT2D eigenvalue weighted by Crippen LogP contribution is -2.26. The van der Waals surface area contributed by atoms with E-state index in [2.05, 4.69) is 6.07 Å². The third kappa shape index (κ3) is 2.96. The van der Waals surface area contributed by atoms with Crippen LogP contribution in [-0.2, 0) is 11.2 Å². The van der Waals surface area contributed by atoms with E-state index in [9.17, 15) is 15.2 Å². The normalized spacial score (nSPS) is 24.7. The summed E-state index contributed by atoms with van der Waals surface area (Å²) in [4.78, 5) is 12.3. The summed E-state index contributed by atoms with van der Waals surface area (Å²) >= 11 is 11.6. The molecule has 28 heavy (non-hydrogen) atoms. The van der Waals surface area contributed by atoms with E-state index in [1.807, 2.05) is 36.4 Å². The van der Waals surface area contributed by atoms with Gasteiger partial charge in [-0.05, 0) is 42.3 Å². The van der Waals surface area contributed by atoms with Crippen molar-refractivity contribution >= 4 is 29.2 Å². The Balaban J connectivity index is 1.97. The van der Waals surface area contributed by atoms with Crippen LogP contribution in [0, 0.1) is 27.6 Å². The van der Waals surface area contributed by atoms with Crippen molar-refractivity contribution in [3.63, 3.8) is 0 Å². The summed E-state index contributed by atoms with van der Waals surface area (Å²) in [6.07, 6.45) is 1.50. The van der Waals surface area contributed by atoms with Crippen LogP contribution in [0.5, 0.6) is 11.5 Å². The Morgan fingerprint density at radius 2 is 1.79 bits per heavy atom. The van der Waals surface area contributed by atoms with Gasteiger partial charge in [0.1, 0.15) is 26.8 Å². The van der Waals surface area contributed by atoms with Crippen molar-refractivity contribution in [3.05, 3.63) is 70.7 Å². The minimum absolute atomic E-state index is 0.112. The molecule has 0 spiro atoms. The van der Waals surface area contributed by atoms with Crippen LogP contribution in [-0.4, -0.2) is 11.1 Å². The van der Waals surface area contributed by atoms with E-state index >= 15 is 0 Å². The molecule has 1 fully saturated rings. The maximum absolute atomic E-state index is 12.3. The highest BCUT2D eigenvalue weighted by Crippen LogP contribution is 2.80. The van der Waals surface area contributed by atoms with Crippen LogP contribution in [0.25, 0.3) is 0 Å². The molecule has 0 aromatic heterocycles. The molecule has 0 bridgehead atoms. The van der Waals surface area contributed by atoms with Crippen molar-refractivity contribution in [1.29, 1.82) is 5.26 Å². The lowest BCUT2D eigenvalue weighted by Gasteiger charge is -2.16. The number of hydrogen-bond donors (Lipinski definition) is 1. The number of allylic oxidation sites excluding steroid dienone is 1. The minimum Gasteiger partial charge on any atom is -0.481 e. The number of halogens is 2. The second-order valence-corrected chi connectivity index (χ2v) is 8.44. The van der Waals surface area contributed by atoms with Gasteiger partial charge in [-0.2, -0.15) is 5.26 Å². The maximum atomic E-state index is 12.3. The van der Waals surface area contributed by atoms with Crippen molar-refractivity contribution in [1.82, 2.24) is 0 Å². The standard InChI is InChI=1S/C22H19Cl2NO3/c1-20(2)21(14-25,13-18(23)24)22(20,19(26)27)12-15-7-6-10-17(11-15)28-16-8-4-3-5-9-16/h3-11,13H,12H2,1-2H3,(H,26,27)/t21-,22-/m0/s1. The van der Waals surface area contributed by atoms with Gasteiger partial charge in [-0.3, -0.25) is 4.79 Å². The van der Waals surface area contributed by atoms with E-state index in [1.165, 1.54) is 6.08 Å². The molecule has 0 amide bonds. The summed E-state index contributed by atoms with van der Waals surface area (Å²) in [7, 11) is 0. The van der Waals surface area contributed by atoms with Crippen molar-refractivity contribution in [3.8, 4) is 17.6 Å². The van der Waals surface area contributed by atoms with Crippen LogP contribution >= 0.6 is 23.2 Å². The predicted molar refractivity (Wildman–Crippen MR) is 108 cm³/mol. The van der Waals surface area contributed by atoms with Crippen molar-refractivity contribution in [2.24, 2.45) is 16.2 Å². The largest absolute Gasteiger partial charge is 0.481 e. The first-order valence-corrected chi connectivity index (χ1v) is 9.46. The Morgan fingerprint density at radius 1 is 1.14 bits per heavy atom. The maximum Gasteiger partial charge on any atom is 0.312 e. The SMILES string of the molecule is CC1(C)[C@](Cc2cccc(Oc3ccccc3)c2)(C(=O)O)[C@]1(C#N)C=C(Cl)Cl. The topological polar surface area (TPSA) is 70.3 Å². The summed E-state index contributed by atoms with van der Waals surface area (Å²) in [6.45, 7) is 3.50. The van der Waals surface area contributed by atoms with Gasteiger partial charge < -0.3 is 9.84 Å². The highest BCUT2D eigenvalue weighted by atomic mass is 35.5. The Morgan fingerprint density at radius 3 is 2.36 bits per heavy atom. The van der Waals surface area contributed by atoms with E-state index in [0.717, 1.165) is 5.56 Å². The first-order chi connectivity index (χ1) is 13.2. The second-order valence-electron chi connectivity index (χ2n) is 7.43. The first-order valence-electron chi connectivity index (χ1n) is 8.70. The van der Waals surface area contributed by atoms with Gasteiger partial charge in [0.15, 0.2) is 0 Å². The van der Waals surface area contributed by atoms with Gasteiger partial charge in [-0.25, -0.2) is 0 Å². The van der Waals surface area contributed by atoms with Crippen LogP contribution in [0.1, 0.15) is 19.4 Å². The van der Waals surface area contributed by atoms with Gasteiger partial charge in [0.2, 0.25) is 0 Å². The van der Waals surface area contributed by atoms with E-state index in [-0.39, 0.29) is 10.9 Å². The zero-order valence-corrected chi connectivity index (χ0v) is 17.0. The van der Waals surface area contributed by atoms with Crippen LogP contribution in [0.2, 0.25) is 0 Å². The smallest absolute Gasteiger partial charge is 0.312 e. The lowest BCUT2D eigenvalue weighted by atomic mass is 9.86.